The van der Waals surface area contributed by atoms with Crippen molar-refractivity contribution in [3.8, 4) is 0 Å². The third-order valence-corrected chi connectivity index (χ3v) is 2.79. The molecule has 0 aliphatic heterocycles. The molecule has 2 rings (SSSR count). The third-order valence-electron chi connectivity index (χ3n) is 2.79. The van der Waals surface area contributed by atoms with E-state index in [4.69, 9.17) is 11.5 Å². The van der Waals surface area contributed by atoms with Crippen LogP contribution in [-0.4, -0.2) is 6.03 Å². The molecule has 2 amide bonds. The Kier molecular flexibility index (Phi) is 2.60. The zero-order chi connectivity index (χ0) is 10.8. The van der Waals surface area contributed by atoms with Crippen LogP contribution in [-0.2, 0) is 6.42 Å². The van der Waals surface area contributed by atoms with Gasteiger partial charge in [-0.15, -0.1) is 0 Å². The molecule has 1 aromatic rings. The SMILES string of the molecule is NC(=O)Nc1cccc2c1C(N)CCC2. The second kappa shape index (κ2) is 3.90. The van der Waals surface area contributed by atoms with E-state index in [1.54, 1.807) is 0 Å². The van der Waals surface area contributed by atoms with Crippen molar-refractivity contribution in [1.82, 2.24) is 0 Å². The van der Waals surface area contributed by atoms with E-state index in [1.165, 1.54) is 5.56 Å². The molecule has 1 unspecified atom stereocenters. The summed E-state index contributed by atoms with van der Waals surface area (Å²) in [6.07, 6.45) is 3.09. The summed E-state index contributed by atoms with van der Waals surface area (Å²) in [5.74, 6) is 0. The van der Waals surface area contributed by atoms with Crippen molar-refractivity contribution >= 4 is 11.7 Å². The summed E-state index contributed by atoms with van der Waals surface area (Å²) in [6.45, 7) is 0. The monoisotopic (exact) mass is 205 g/mol. The van der Waals surface area contributed by atoms with Crippen LogP contribution in [0.1, 0.15) is 30.0 Å². The average molecular weight is 205 g/mol. The summed E-state index contributed by atoms with van der Waals surface area (Å²) in [4.78, 5) is 10.8. The fourth-order valence-electron chi connectivity index (χ4n) is 2.17. The van der Waals surface area contributed by atoms with E-state index in [2.05, 4.69) is 11.4 Å². The Labute approximate surface area is 88.6 Å². The zero-order valence-electron chi connectivity index (χ0n) is 8.49. The van der Waals surface area contributed by atoms with Crippen LogP contribution in [0.4, 0.5) is 10.5 Å². The first-order valence-electron chi connectivity index (χ1n) is 5.12. The van der Waals surface area contributed by atoms with Gasteiger partial charge in [-0.05, 0) is 36.5 Å². The van der Waals surface area contributed by atoms with Gasteiger partial charge in [-0.25, -0.2) is 4.79 Å². The van der Waals surface area contributed by atoms with Crippen LogP contribution >= 0.6 is 0 Å². The first-order chi connectivity index (χ1) is 7.18. The highest BCUT2D eigenvalue weighted by Gasteiger charge is 2.20. The van der Waals surface area contributed by atoms with Crippen LogP contribution in [0.15, 0.2) is 18.2 Å². The standard InChI is InChI=1S/C11H15N3O/c12-8-5-1-3-7-4-2-6-9(10(7)8)14-11(13)15/h2,4,6,8H,1,3,5,12H2,(H3,13,14,15). The molecule has 0 bridgehead atoms. The second-order valence-electron chi connectivity index (χ2n) is 3.87. The van der Waals surface area contributed by atoms with Crippen LogP contribution in [0.25, 0.3) is 0 Å². The molecule has 0 saturated carbocycles. The topological polar surface area (TPSA) is 81.1 Å². The summed E-state index contributed by atoms with van der Waals surface area (Å²) < 4.78 is 0. The predicted molar refractivity (Wildman–Crippen MR) is 59.5 cm³/mol. The highest BCUT2D eigenvalue weighted by Crippen LogP contribution is 2.33. The van der Waals surface area contributed by atoms with Gasteiger partial charge in [0.05, 0.1) is 0 Å². The Bertz CT molecular complexity index is 389. The molecular formula is C11H15N3O. The average Bonchev–Trinajstić information content (AvgIpc) is 2.17. The lowest BCUT2D eigenvalue weighted by atomic mass is 9.87. The van der Waals surface area contributed by atoms with Crippen molar-refractivity contribution in [1.29, 1.82) is 0 Å². The van der Waals surface area contributed by atoms with Gasteiger partial charge in [0, 0.05) is 11.7 Å². The Balaban J connectivity index is 2.42. The number of nitrogens with one attached hydrogen (secondary N) is 1. The molecule has 0 saturated heterocycles. The summed E-state index contributed by atoms with van der Waals surface area (Å²) in [5, 5.41) is 2.62. The van der Waals surface area contributed by atoms with E-state index in [9.17, 15) is 4.79 Å². The van der Waals surface area contributed by atoms with Gasteiger partial charge in [0.2, 0.25) is 0 Å². The molecule has 1 aliphatic rings. The molecule has 1 aromatic carbocycles. The normalized spacial score (nSPS) is 19.4. The number of primary amides is 1. The molecule has 1 atom stereocenters. The lowest BCUT2D eigenvalue weighted by Gasteiger charge is -2.24. The zero-order valence-corrected chi connectivity index (χ0v) is 8.49. The van der Waals surface area contributed by atoms with Crippen molar-refractivity contribution in [2.45, 2.75) is 25.3 Å². The van der Waals surface area contributed by atoms with Crippen LogP contribution in [0.2, 0.25) is 0 Å². The number of hydrogen-bond acceptors (Lipinski definition) is 2. The number of carbonyl (C=O) groups is 1. The maximum absolute atomic E-state index is 10.8. The first kappa shape index (κ1) is 9.98. The van der Waals surface area contributed by atoms with E-state index in [0.29, 0.717) is 0 Å². The summed E-state index contributed by atoms with van der Waals surface area (Å²) in [7, 11) is 0. The predicted octanol–water partition coefficient (Wildman–Crippen LogP) is 1.51. The van der Waals surface area contributed by atoms with Gasteiger partial charge in [-0.3, -0.25) is 0 Å². The minimum Gasteiger partial charge on any atom is -0.351 e. The lowest BCUT2D eigenvalue weighted by molar-refractivity contribution is 0.259. The fraction of sp³-hybridized carbons (Fsp3) is 0.364. The van der Waals surface area contributed by atoms with E-state index in [0.717, 1.165) is 30.5 Å². The minimum absolute atomic E-state index is 0.0109. The Morgan fingerprint density at radius 3 is 3.00 bits per heavy atom. The van der Waals surface area contributed by atoms with Gasteiger partial charge in [-0.2, -0.15) is 0 Å². The lowest BCUT2D eigenvalue weighted by Crippen LogP contribution is -2.24. The molecule has 15 heavy (non-hydrogen) atoms. The number of urea groups is 1. The Hall–Kier alpha value is -1.55. The number of nitrogens with two attached hydrogens (primary N) is 2. The molecule has 4 nitrogen and oxygen atoms in total. The van der Waals surface area contributed by atoms with Crippen molar-refractivity contribution in [2.75, 3.05) is 5.32 Å². The maximum Gasteiger partial charge on any atom is 0.316 e. The molecule has 1 aliphatic carbocycles. The van der Waals surface area contributed by atoms with E-state index < -0.39 is 6.03 Å². The quantitative estimate of drug-likeness (QED) is 0.649. The number of aryl methyl sites for hydroxylation is 1. The molecule has 0 heterocycles. The van der Waals surface area contributed by atoms with Crippen molar-refractivity contribution in [3.05, 3.63) is 29.3 Å². The number of benzene rings is 1. The van der Waals surface area contributed by atoms with Crippen LogP contribution in [0.3, 0.4) is 0 Å². The van der Waals surface area contributed by atoms with Crippen molar-refractivity contribution < 1.29 is 4.79 Å². The van der Waals surface area contributed by atoms with E-state index in [1.807, 2.05) is 12.1 Å². The maximum atomic E-state index is 10.8. The Morgan fingerprint density at radius 1 is 1.47 bits per heavy atom. The molecule has 0 radical (unpaired) electrons. The number of amides is 2. The van der Waals surface area contributed by atoms with Gasteiger partial charge >= 0.3 is 6.03 Å². The molecule has 5 N–H and O–H groups in total. The van der Waals surface area contributed by atoms with Gasteiger partial charge in [-0.1, -0.05) is 12.1 Å². The molecule has 80 valence electrons. The molecule has 0 aromatic heterocycles. The van der Waals surface area contributed by atoms with Crippen LogP contribution in [0.5, 0.6) is 0 Å². The molecule has 4 heteroatoms. The first-order valence-corrected chi connectivity index (χ1v) is 5.12. The van der Waals surface area contributed by atoms with E-state index in [-0.39, 0.29) is 6.04 Å². The summed E-state index contributed by atoms with van der Waals surface area (Å²) >= 11 is 0. The largest absolute Gasteiger partial charge is 0.351 e. The molecular weight excluding hydrogens is 190 g/mol. The molecule has 0 fully saturated rings. The van der Waals surface area contributed by atoms with Gasteiger partial charge in [0.1, 0.15) is 0 Å². The fourth-order valence-corrected chi connectivity index (χ4v) is 2.17. The van der Waals surface area contributed by atoms with Gasteiger partial charge < -0.3 is 16.8 Å². The second-order valence-corrected chi connectivity index (χ2v) is 3.87. The Morgan fingerprint density at radius 2 is 2.27 bits per heavy atom. The van der Waals surface area contributed by atoms with Gasteiger partial charge in [0.15, 0.2) is 0 Å². The number of fused-ring (bicyclic) bond motifs is 1. The van der Waals surface area contributed by atoms with Crippen molar-refractivity contribution in [2.24, 2.45) is 11.5 Å². The summed E-state index contributed by atoms with van der Waals surface area (Å²) in [5.41, 5.74) is 14.2. The van der Waals surface area contributed by atoms with Crippen LogP contribution < -0.4 is 16.8 Å². The van der Waals surface area contributed by atoms with Crippen LogP contribution in [0, 0.1) is 0 Å². The van der Waals surface area contributed by atoms with Crippen molar-refractivity contribution in [3.63, 3.8) is 0 Å². The van der Waals surface area contributed by atoms with E-state index >= 15 is 0 Å². The highest BCUT2D eigenvalue weighted by atomic mass is 16.2. The number of anilines is 1. The highest BCUT2D eigenvalue weighted by molar-refractivity contribution is 5.89. The number of rotatable bonds is 1. The number of hydrogen-bond donors (Lipinski definition) is 3. The minimum atomic E-state index is -0.541. The van der Waals surface area contributed by atoms with Gasteiger partial charge in [0.25, 0.3) is 0 Å². The summed E-state index contributed by atoms with van der Waals surface area (Å²) in [6, 6.07) is 5.29. The third kappa shape index (κ3) is 1.94. The smallest absolute Gasteiger partial charge is 0.316 e. The molecule has 0 spiro atoms. The number of carbonyl (C=O) groups excluding carboxylic acids is 1.